The van der Waals surface area contributed by atoms with Gasteiger partial charge in [0, 0.05) is 65.7 Å². The van der Waals surface area contributed by atoms with E-state index in [4.69, 9.17) is 4.42 Å². The third kappa shape index (κ3) is 4.31. The number of benzene rings is 8. The first-order chi connectivity index (χ1) is 25.8. The standard InChI is InChI=1S/C48H30N2OS/c1-4-15-31(16-5-1)45-46-38-29-34(49(32-17-6-2-7-18-32)40-24-14-23-36-35-21-11-13-26-44(35)52-48(36)40)27-28-39(38)50(33-19-8-3-9-20-33)41(46)30-43-47(45)37-22-10-12-25-42(37)51-43/h1-30H. The van der Waals surface area contributed by atoms with Crippen LogP contribution in [0.15, 0.2) is 186 Å². The molecule has 3 nitrogen and oxygen atoms in total. The van der Waals surface area contributed by atoms with Gasteiger partial charge < -0.3 is 13.9 Å². The Morgan fingerprint density at radius 1 is 0.462 bits per heavy atom. The average molecular weight is 683 g/mol. The quantitative estimate of drug-likeness (QED) is 0.180. The largest absolute Gasteiger partial charge is 0.456 e. The molecule has 11 aromatic rings. The minimum atomic E-state index is 0.884. The predicted octanol–water partition coefficient (Wildman–Crippen LogP) is 14.2. The molecule has 0 unspecified atom stereocenters. The first-order valence-corrected chi connectivity index (χ1v) is 18.4. The highest BCUT2D eigenvalue weighted by atomic mass is 32.1. The fraction of sp³-hybridized carbons (Fsp3) is 0. The minimum absolute atomic E-state index is 0.884. The van der Waals surface area contributed by atoms with E-state index in [1.54, 1.807) is 0 Å². The van der Waals surface area contributed by atoms with Gasteiger partial charge in [-0.2, -0.15) is 0 Å². The van der Waals surface area contributed by atoms with Crippen LogP contribution in [0.3, 0.4) is 0 Å². The van der Waals surface area contributed by atoms with Crippen molar-refractivity contribution in [1.82, 2.24) is 4.57 Å². The highest BCUT2D eigenvalue weighted by Gasteiger charge is 2.25. The molecule has 0 aliphatic carbocycles. The van der Waals surface area contributed by atoms with Crippen molar-refractivity contribution in [2.45, 2.75) is 0 Å². The van der Waals surface area contributed by atoms with Gasteiger partial charge in [0.15, 0.2) is 0 Å². The zero-order valence-electron chi connectivity index (χ0n) is 28.0. The number of rotatable bonds is 5. The number of hydrogen-bond donors (Lipinski definition) is 0. The minimum Gasteiger partial charge on any atom is -0.456 e. The molecule has 0 aliphatic rings. The average Bonchev–Trinajstić information content (AvgIpc) is 3.88. The summed E-state index contributed by atoms with van der Waals surface area (Å²) in [6.07, 6.45) is 0. The Hall–Kier alpha value is -6.62. The molecule has 0 atom stereocenters. The molecule has 0 amide bonds. The van der Waals surface area contributed by atoms with E-state index in [-0.39, 0.29) is 0 Å². The van der Waals surface area contributed by atoms with E-state index in [0.29, 0.717) is 0 Å². The van der Waals surface area contributed by atoms with Crippen LogP contribution in [0.1, 0.15) is 0 Å². The first-order valence-electron chi connectivity index (χ1n) is 17.6. The lowest BCUT2D eigenvalue weighted by molar-refractivity contribution is 0.669. The van der Waals surface area contributed by atoms with Crippen molar-refractivity contribution >= 4 is 92.3 Å². The van der Waals surface area contributed by atoms with Crippen LogP contribution in [0.2, 0.25) is 0 Å². The van der Waals surface area contributed by atoms with Gasteiger partial charge in [-0.25, -0.2) is 0 Å². The van der Waals surface area contributed by atoms with Gasteiger partial charge in [-0.1, -0.05) is 115 Å². The number of nitrogens with zero attached hydrogens (tertiary/aromatic N) is 2. The van der Waals surface area contributed by atoms with E-state index < -0.39 is 0 Å². The maximum Gasteiger partial charge on any atom is 0.138 e. The smallest absolute Gasteiger partial charge is 0.138 e. The summed E-state index contributed by atoms with van der Waals surface area (Å²) in [6, 6.07) is 65.3. The van der Waals surface area contributed by atoms with Gasteiger partial charge in [0.2, 0.25) is 0 Å². The molecular weight excluding hydrogens is 653 g/mol. The number of para-hydroxylation sites is 3. The Kier molecular flexibility index (Phi) is 6.42. The topological polar surface area (TPSA) is 21.3 Å². The van der Waals surface area contributed by atoms with Crippen LogP contribution in [-0.4, -0.2) is 4.57 Å². The Bertz CT molecular complexity index is 3120. The van der Waals surface area contributed by atoms with Crippen LogP contribution in [-0.2, 0) is 0 Å². The second kappa shape index (κ2) is 11.5. The van der Waals surface area contributed by atoms with Crippen LogP contribution in [0.4, 0.5) is 17.1 Å². The summed E-state index contributed by atoms with van der Waals surface area (Å²) in [5.41, 5.74) is 10.9. The van der Waals surface area contributed by atoms with Crippen LogP contribution >= 0.6 is 11.3 Å². The predicted molar refractivity (Wildman–Crippen MR) is 221 cm³/mol. The van der Waals surface area contributed by atoms with Gasteiger partial charge in [0.05, 0.1) is 21.4 Å². The normalized spacial score (nSPS) is 11.8. The molecule has 0 aliphatic heterocycles. The first kappa shape index (κ1) is 29.1. The van der Waals surface area contributed by atoms with E-state index in [1.165, 1.54) is 42.2 Å². The van der Waals surface area contributed by atoms with Crippen molar-refractivity contribution in [3.05, 3.63) is 182 Å². The highest BCUT2D eigenvalue weighted by molar-refractivity contribution is 7.26. The van der Waals surface area contributed by atoms with Crippen LogP contribution < -0.4 is 4.90 Å². The maximum absolute atomic E-state index is 6.63. The second-order valence-corrected chi connectivity index (χ2v) is 14.3. The molecule has 4 heteroatoms. The van der Waals surface area contributed by atoms with Crippen LogP contribution in [0.25, 0.3) is 80.7 Å². The molecule has 3 heterocycles. The lowest BCUT2D eigenvalue weighted by Crippen LogP contribution is -2.10. The van der Waals surface area contributed by atoms with Gasteiger partial charge in [-0.15, -0.1) is 11.3 Å². The van der Waals surface area contributed by atoms with Crippen molar-refractivity contribution in [3.8, 4) is 16.8 Å². The number of thiophene rings is 1. The Morgan fingerprint density at radius 2 is 1.15 bits per heavy atom. The van der Waals surface area contributed by atoms with E-state index in [9.17, 15) is 0 Å². The SMILES string of the molecule is c1ccc(-c2c3c(cc4c2c2cc(N(c5ccccc5)c5cccc6c5sc5ccccc56)ccc2n4-c2ccccc2)oc2ccccc23)cc1. The molecule has 0 saturated carbocycles. The highest BCUT2D eigenvalue weighted by Crippen LogP contribution is 2.49. The summed E-state index contributed by atoms with van der Waals surface area (Å²) in [6.45, 7) is 0. The molecule has 244 valence electrons. The number of fused-ring (bicyclic) bond motifs is 9. The molecule has 0 spiro atoms. The molecule has 52 heavy (non-hydrogen) atoms. The molecule has 0 radical (unpaired) electrons. The maximum atomic E-state index is 6.63. The van der Waals surface area contributed by atoms with Crippen molar-refractivity contribution < 1.29 is 4.42 Å². The molecule has 8 aromatic carbocycles. The summed E-state index contributed by atoms with van der Waals surface area (Å²) < 4.78 is 11.6. The zero-order valence-corrected chi connectivity index (χ0v) is 28.8. The van der Waals surface area contributed by atoms with Crippen molar-refractivity contribution in [2.75, 3.05) is 4.90 Å². The van der Waals surface area contributed by atoms with Gasteiger partial charge in [-0.3, -0.25) is 0 Å². The molecule has 0 bridgehead atoms. The molecule has 0 saturated heterocycles. The van der Waals surface area contributed by atoms with Crippen molar-refractivity contribution in [1.29, 1.82) is 0 Å². The van der Waals surface area contributed by atoms with Gasteiger partial charge in [0.25, 0.3) is 0 Å². The lowest BCUT2D eigenvalue weighted by Gasteiger charge is -2.26. The summed E-state index contributed by atoms with van der Waals surface area (Å²) in [4.78, 5) is 2.43. The van der Waals surface area contributed by atoms with Gasteiger partial charge in [0.1, 0.15) is 11.2 Å². The molecular formula is C48H30N2OS. The number of furan rings is 1. The summed E-state index contributed by atoms with van der Waals surface area (Å²) in [5, 5.41) is 7.23. The Balaban J connectivity index is 1.29. The Labute approximate surface area is 303 Å². The molecule has 11 rings (SSSR count). The van der Waals surface area contributed by atoms with E-state index in [0.717, 1.165) is 55.6 Å². The van der Waals surface area contributed by atoms with E-state index in [1.807, 2.05) is 17.4 Å². The van der Waals surface area contributed by atoms with Crippen LogP contribution in [0, 0.1) is 0 Å². The zero-order chi connectivity index (χ0) is 34.2. The monoisotopic (exact) mass is 682 g/mol. The van der Waals surface area contributed by atoms with E-state index in [2.05, 4.69) is 185 Å². The third-order valence-corrected chi connectivity index (χ3v) is 11.6. The van der Waals surface area contributed by atoms with Crippen molar-refractivity contribution in [2.24, 2.45) is 0 Å². The molecule has 0 fully saturated rings. The fourth-order valence-corrected chi connectivity index (χ4v) is 9.38. The lowest BCUT2D eigenvalue weighted by atomic mass is 9.94. The summed E-state index contributed by atoms with van der Waals surface area (Å²) >= 11 is 1.86. The number of anilines is 3. The van der Waals surface area contributed by atoms with Crippen molar-refractivity contribution in [3.63, 3.8) is 0 Å². The summed E-state index contributed by atoms with van der Waals surface area (Å²) in [5.74, 6) is 0. The molecule has 3 aromatic heterocycles. The Morgan fingerprint density at radius 3 is 1.98 bits per heavy atom. The van der Waals surface area contributed by atoms with Crippen LogP contribution in [0.5, 0.6) is 0 Å². The van der Waals surface area contributed by atoms with E-state index >= 15 is 0 Å². The summed E-state index contributed by atoms with van der Waals surface area (Å²) in [7, 11) is 0. The van der Waals surface area contributed by atoms with Gasteiger partial charge in [-0.05, 0) is 66.2 Å². The second-order valence-electron chi connectivity index (χ2n) is 13.3. The molecule has 0 N–H and O–H groups in total. The fourth-order valence-electron chi connectivity index (χ4n) is 8.17. The number of hydrogen-bond acceptors (Lipinski definition) is 3. The third-order valence-electron chi connectivity index (χ3n) is 10.4. The number of aromatic nitrogens is 1. The van der Waals surface area contributed by atoms with Gasteiger partial charge >= 0.3 is 0 Å².